The van der Waals surface area contributed by atoms with Gasteiger partial charge < -0.3 is 49.5 Å². The Bertz CT molecular complexity index is 1580. The maximum atomic E-state index is 12.4. The molecule has 0 bridgehead atoms. The van der Waals surface area contributed by atoms with Crippen LogP contribution in [0.2, 0.25) is 0 Å². The number of ether oxygens (including phenoxy) is 2. The molecule has 8 N–H and O–H groups in total. The molecule has 5 heterocycles. The summed E-state index contributed by atoms with van der Waals surface area (Å²) in [6, 6.07) is 0. The summed E-state index contributed by atoms with van der Waals surface area (Å²) >= 11 is 0. The molecule has 3 aromatic rings. The van der Waals surface area contributed by atoms with Gasteiger partial charge in [-0.05, 0) is 0 Å². The van der Waals surface area contributed by atoms with Crippen LogP contribution in [0.15, 0.2) is 25.0 Å². The van der Waals surface area contributed by atoms with E-state index in [0.29, 0.717) is 5.65 Å². The predicted octanol–water partition coefficient (Wildman–Crippen LogP) is -2.50. The van der Waals surface area contributed by atoms with E-state index in [0.717, 1.165) is 0 Å². The molecule has 2 saturated heterocycles. The third-order valence-corrected chi connectivity index (χ3v) is 9.27. The zero-order valence-corrected chi connectivity index (χ0v) is 23.4. The third kappa shape index (κ3) is 6.65. The van der Waals surface area contributed by atoms with E-state index in [1.807, 2.05) is 0 Å². The summed E-state index contributed by atoms with van der Waals surface area (Å²) in [6.07, 6.45) is -8.04. The largest absolute Gasteiger partial charge is 0.481 e. The van der Waals surface area contributed by atoms with E-state index in [-0.39, 0.29) is 11.2 Å². The number of fused-ring (bicyclic) bond motifs is 3. The topological polar surface area (TPSA) is 316 Å². The molecule has 0 amide bonds. The maximum Gasteiger partial charge on any atom is 0.481 e. The van der Waals surface area contributed by atoms with Crippen LogP contribution in [0.1, 0.15) is 6.23 Å². The number of nitrogens with zero attached hydrogens (tertiary/aromatic N) is 5. The fourth-order valence-corrected chi connectivity index (χ4v) is 6.90. The number of imidazole rings is 2. The Hall–Kier alpha value is -1.78. The van der Waals surface area contributed by atoms with Gasteiger partial charge in [0.15, 0.2) is 29.3 Å². The van der Waals surface area contributed by atoms with Gasteiger partial charge in [-0.3, -0.25) is 22.5 Å². The summed E-state index contributed by atoms with van der Waals surface area (Å²) in [5.41, 5.74) is 0.736. The number of hydrogen-bond donors (Lipinski definition) is 8. The van der Waals surface area contributed by atoms with E-state index in [4.69, 9.17) is 14.0 Å². The molecule has 234 valence electrons. The minimum Gasteiger partial charge on any atom is -0.387 e. The highest BCUT2D eigenvalue weighted by molar-refractivity contribution is 7.61. The first kappa shape index (κ1) is 31.6. The van der Waals surface area contributed by atoms with Crippen LogP contribution in [0.4, 0.5) is 0 Å². The number of phosphoric acid groups is 3. The van der Waals surface area contributed by atoms with Crippen LogP contribution in [0.5, 0.6) is 0 Å². The van der Waals surface area contributed by atoms with Crippen molar-refractivity contribution in [1.82, 2.24) is 23.9 Å². The zero-order chi connectivity index (χ0) is 30.6. The van der Waals surface area contributed by atoms with Gasteiger partial charge in [-0.1, -0.05) is 0 Å². The van der Waals surface area contributed by atoms with Gasteiger partial charge in [0, 0.05) is 12.4 Å². The Morgan fingerprint density at radius 2 is 1.45 bits per heavy atom. The van der Waals surface area contributed by atoms with Crippen molar-refractivity contribution in [1.29, 1.82) is 0 Å². The van der Waals surface area contributed by atoms with Gasteiger partial charge in [0.2, 0.25) is 0 Å². The maximum absolute atomic E-state index is 12.4. The minimum absolute atomic E-state index is 0.109. The van der Waals surface area contributed by atoms with Gasteiger partial charge in [0.05, 0.1) is 19.5 Å². The Balaban J connectivity index is 1.27. The van der Waals surface area contributed by atoms with Crippen LogP contribution in [-0.2, 0) is 41.1 Å². The summed E-state index contributed by atoms with van der Waals surface area (Å²) in [5.74, 6) is 0. The van der Waals surface area contributed by atoms with E-state index in [1.54, 1.807) is 10.6 Å². The van der Waals surface area contributed by atoms with Crippen molar-refractivity contribution >= 4 is 40.3 Å². The lowest BCUT2D eigenvalue weighted by molar-refractivity contribution is -0.132. The highest BCUT2D eigenvalue weighted by Crippen LogP contribution is 2.61. The Morgan fingerprint density at radius 3 is 2.05 bits per heavy atom. The average Bonchev–Trinajstić information content (AvgIpc) is 3.64. The van der Waals surface area contributed by atoms with Gasteiger partial charge in [0.25, 0.3) is 0 Å². The van der Waals surface area contributed by atoms with Gasteiger partial charge in [-0.25, -0.2) is 28.6 Å². The first-order chi connectivity index (χ1) is 19.6. The Kier molecular flexibility index (Phi) is 8.75. The zero-order valence-electron chi connectivity index (χ0n) is 20.7. The molecule has 0 aliphatic carbocycles. The summed E-state index contributed by atoms with van der Waals surface area (Å²) in [5, 5.41) is 39.2. The molecule has 0 saturated carbocycles. The number of aliphatic hydroxyl groups excluding tert-OH is 4. The second-order valence-electron chi connectivity index (χ2n) is 9.00. The molecular weight excluding hydrogens is 639 g/mol. The van der Waals surface area contributed by atoms with E-state index < -0.39 is 85.8 Å². The van der Waals surface area contributed by atoms with Gasteiger partial charge >= 0.3 is 23.5 Å². The number of aromatic nitrogens is 5. The first-order valence-electron chi connectivity index (χ1n) is 11.6. The molecule has 5 rings (SSSR count). The lowest BCUT2D eigenvalue weighted by Gasteiger charge is -2.22. The molecule has 25 heteroatoms. The highest BCUT2D eigenvalue weighted by atomic mass is 31.3. The lowest BCUT2D eigenvalue weighted by atomic mass is 10.1. The standard InChI is InChI=1S/C17H24N5O17P3/c23-10-7(37-17(26)12(10)25)3-34-41(30,31)39-42(32,33)35-4-8-11(24)13(38-40(27,28)29)16(36-8)22-6-19-9-14-18-1-2-21(14)5-20-15(9)22/h1-2,5-8,10-13,16-17,23-26H,3-4H2,(H,30,31)(H,32,33)(H2,27,28,29). The molecule has 3 aromatic heterocycles. The number of aliphatic hydroxyl groups is 4. The molecule has 0 spiro atoms. The number of rotatable bonds is 11. The van der Waals surface area contributed by atoms with Crippen molar-refractivity contribution in [3.8, 4) is 0 Å². The normalized spacial score (nSPS) is 33.3. The second kappa shape index (κ2) is 11.6. The van der Waals surface area contributed by atoms with Crippen LogP contribution < -0.4 is 0 Å². The second-order valence-corrected chi connectivity index (χ2v) is 13.2. The summed E-state index contributed by atoms with van der Waals surface area (Å²) in [4.78, 5) is 51.1. The fourth-order valence-electron chi connectivity index (χ4n) is 4.26. The molecule has 2 aliphatic heterocycles. The lowest BCUT2D eigenvalue weighted by Crippen LogP contribution is -2.35. The van der Waals surface area contributed by atoms with Crippen molar-refractivity contribution in [2.24, 2.45) is 0 Å². The van der Waals surface area contributed by atoms with Crippen LogP contribution in [0.3, 0.4) is 0 Å². The Morgan fingerprint density at radius 1 is 0.810 bits per heavy atom. The fraction of sp³-hybridized carbons (Fsp3) is 0.588. The van der Waals surface area contributed by atoms with Gasteiger partial charge in [-0.2, -0.15) is 4.31 Å². The van der Waals surface area contributed by atoms with E-state index >= 15 is 0 Å². The van der Waals surface area contributed by atoms with E-state index in [1.165, 1.54) is 23.4 Å². The summed E-state index contributed by atoms with van der Waals surface area (Å²) in [6.45, 7) is -2.01. The van der Waals surface area contributed by atoms with E-state index in [9.17, 15) is 53.7 Å². The molecule has 2 fully saturated rings. The van der Waals surface area contributed by atoms with Crippen LogP contribution >= 0.6 is 23.5 Å². The molecule has 10 atom stereocenters. The SMILES string of the molecule is O=P(O)(O)OC1C(O)C(COP(=O)(O)OP(=O)(O)OCC2OC(O)C(O)C2O)OC1n1cnc2c1ncn1ccnc21. The van der Waals surface area contributed by atoms with Crippen LogP contribution in [0, 0.1) is 0 Å². The van der Waals surface area contributed by atoms with E-state index in [2.05, 4.69) is 28.3 Å². The summed E-state index contributed by atoms with van der Waals surface area (Å²) < 4.78 is 67.2. The Labute approximate surface area is 233 Å². The molecule has 22 nitrogen and oxygen atoms in total. The van der Waals surface area contributed by atoms with Crippen molar-refractivity contribution in [2.75, 3.05) is 13.2 Å². The molecule has 0 radical (unpaired) electrons. The first-order valence-corrected chi connectivity index (χ1v) is 16.1. The van der Waals surface area contributed by atoms with Gasteiger partial charge in [-0.15, -0.1) is 0 Å². The van der Waals surface area contributed by atoms with Crippen molar-refractivity contribution in [2.45, 2.75) is 49.1 Å². The monoisotopic (exact) mass is 663 g/mol. The molecule has 0 aromatic carbocycles. The molecule has 42 heavy (non-hydrogen) atoms. The minimum atomic E-state index is -5.46. The predicted molar refractivity (Wildman–Crippen MR) is 129 cm³/mol. The summed E-state index contributed by atoms with van der Waals surface area (Å²) in [7, 11) is -16.1. The average molecular weight is 663 g/mol. The molecule has 10 unspecified atom stereocenters. The van der Waals surface area contributed by atoms with Gasteiger partial charge in [0.1, 0.15) is 43.0 Å². The molecular formula is C17H24N5O17P3. The number of phosphoric ester groups is 3. The molecule has 2 aliphatic rings. The van der Waals surface area contributed by atoms with Crippen molar-refractivity contribution in [3.05, 3.63) is 25.0 Å². The third-order valence-electron chi connectivity index (χ3n) is 6.15. The van der Waals surface area contributed by atoms with Crippen LogP contribution in [0.25, 0.3) is 16.8 Å². The highest BCUT2D eigenvalue weighted by Gasteiger charge is 2.50. The smallest absolute Gasteiger partial charge is 0.387 e. The van der Waals surface area contributed by atoms with Crippen molar-refractivity contribution in [3.63, 3.8) is 0 Å². The van der Waals surface area contributed by atoms with Crippen LogP contribution in [-0.4, -0.2) is 120 Å². The van der Waals surface area contributed by atoms with Crippen molar-refractivity contribution < 1.29 is 81.1 Å². The quantitative estimate of drug-likeness (QED) is 0.0983. The number of hydrogen-bond acceptors (Lipinski definition) is 16.